The summed E-state index contributed by atoms with van der Waals surface area (Å²) >= 11 is 0. The van der Waals surface area contributed by atoms with Crippen molar-refractivity contribution in [2.45, 2.75) is 0 Å². The van der Waals surface area contributed by atoms with Crippen molar-refractivity contribution in [3.63, 3.8) is 0 Å². The number of carbonyl (C=O) groups excluding carboxylic acids is 1. The van der Waals surface area contributed by atoms with Crippen LogP contribution in [0.5, 0.6) is 23.0 Å². The quantitative estimate of drug-likeness (QED) is 0.502. The third kappa shape index (κ3) is 3.98. The third-order valence-electron chi connectivity index (χ3n) is 4.39. The Bertz CT molecular complexity index is 1150. The van der Waals surface area contributed by atoms with Crippen LogP contribution in [0.1, 0.15) is 10.4 Å². The normalized spacial score (nSPS) is 10.6. The minimum absolute atomic E-state index is 0.234. The molecule has 7 heteroatoms. The first-order valence-corrected chi connectivity index (χ1v) is 8.91. The van der Waals surface area contributed by atoms with Crippen molar-refractivity contribution in [2.24, 2.45) is 0 Å². The van der Waals surface area contributed by atoms with Gasteiger partial charge in [-0.15, -0.1) is 0 Å². The number of rotatable bonds is 6. The number of imidazole rings is 1. The average Bonchev–Trinajstić information content (AvgIpc) is 3.22. The maximum atomic E-state index is 12.6. The zero-order chi connectivity index (χ0) is 20.2. The van der Waals surface area contributed by atoms with Crippen LogP contribution in [0.2, 0.25) is 0 Å². The first-order chi connectivity index (χ1) is 14.2. The largest absolute Gasteiger partial charge is 0.497 e. The van der Waals surface area contributed by atoms with E-state index in [9.17, 15) is 4.79 Å². The van der Waals surface area contributed by atoms with E-state index < -0.39 is 0 Å². The van der Waals surface area contributed by atoms with Gasteiger partial charge in [-0.2, -0.15) is 0 Å². The molecule has 0 aliphatic heterocycles. The van der Waals surface area contributed by atoms with Crippen LogP contribution in [0.4, 0.5) is 5.69 Å². The molecular formula is C22H19N3O4. The number of carbonyl (C=O) groups is 1. The van der Waals surface area contributed by atoms with Gasteiger partial charge >= 0.3 is 0 Å². The van der Waals surface area contributed by atoms with Crippen LogP contribution in [0.25, 0.3) is 11.0 Å². The van der Waals surface area contributed by atoms with Gasteiger partial charge in [-0.05, 0) is 54.6 Å². The second-order valence-electron chi connectivity index (χ2n) is 6.23. The maximum absolute atomic E-state index is 12.6. The van der Waals surface area contributed by atoms with Gasteiger partial charge in [-0.1, -0.05) is 0 Å². The topological polar surface area (TPSA) is 85.5 Å². The van der Waals surface area contributed by atoms with E-state index in [-0.39, 0.29) is 5.91 Å². The number of H-pyrrole nitrogens is 1. The number of benzene rings is 3. The van der Waals surface area contributed by atoms with Gasteiger partial charge in [-0.3, -0.25) is 4.79 Å². The first kappa shape index (κ1) is 18.4. The number of aromatic amines is 1. The van der Waals surface area contributed by atoms with Crippen molar-refractivity contribution in [1.29, 1.82) is 0 Å². The molecule has 0 saturated carbocycles. The van der Waals surface area contributed by atoms with Crippen LogP contribution >= 0.6 is 0 Å². The Balaban J connectivity index is 1.55. The highest BCUT2D eigenvalue weighted by Crippen LogP contribution is 2.34. The Hall–Kier alpha value is -4.00. The number of amides is 1. The molecule has 0 unspecified atom stereocenters. The van der Waals surface area contributed by atoms with Gasteiger partial charge in [0.05, 0.1) is 31.6 Å². The molecule has 0 aliphatic rings. The van der Waals surface area contributed by atoms with E-state index in [0.717, 1.165) is 16.8 Å². The minimum atomic E-state index is -0.234. The van der Waals surface area contributed by atoms with Gasteiger partial charge in [0.1, 0.15) is 11.5 Å². The van der Waals surface area contributed by atoms with Crippen LogP contribution in [0, 0.1) is 0 Å². The Morgan fingerprint density at radius 3 is 2.45 bits per heavy atom. The van der Waals surface area contributed by atoms with Gasteiger partial charge < -0.3 is 24.5 Å². The Labute approximate surface area is 167 Å². The summed E-state index contributed by atoms with van der Waals surface area (Å²) in [5.41, 5.74) is 2.72. The van der Waals surface area contributed by atoms with Gasteiger partial charge in [0, 0.05) is 17.3 Å². The lowest BCUT2D eigenvalue weighted by Gasteiger charge is -2.13. The monoisotopic (exact) mass is 389 g/mol. The summed E-state index contributed by atoms with van der Waals surface area (Å²) in [6.45, 7) is 0. The van der Waals surface area contributed by atoms with Crippen molar-refractivity contribution in [3.8, 4) is 23.0 Å². The smallest absolute Gasteiger partial charge is 0.255 e. The number of hydrogen-bond acceptors (Lipinski definition) is 5. The number of anilines is 1. The molecule has 4 aromatic rings. The van der Waals surface area contributed by atoms with E-state index in [1.165, 1.54) is 0 Å². The predicted octanol–water partition coefficient (Wildman–Crippen LogP) is 4.62. The SMILES string of the molecule is COc1ccc(Oc2cc(NC(=O)c3ccc4nc[nH]c4c3)ccc2OC)cc1. The summed E-state index contributed by atoms with van der Waals surface area (Å²) in [6, 6.07) is 17.7. The third-order valence-corrected chi connectivity index (χ3v) is 4.39. The van der Waals surface area contributed by atoms with Crippen molar-refractivity contribution in [3.05, 3.63) is 72.6 Å². The van der Waals surface area contributed by atoms with Crippen LogP contribution in [-0.2, 0) is 0 Å². The molecule has 0 bridgehead atoms. The molecule has 3 aromatic carbocycles. The average molecular weight is 389 g/mol. The van der Waals surface area contributed by atoms with Crippen molar-refractivity contribution in [2.75, 3.05) is 19.5 Å². The summed E-state index contributed by atoms with van der Waals surface area (Å²) in [6.07, 6.45) is 1.60. The van der Waals surface area contributed by atoms with Gasteiger partial charge in [-0.25, -0.2) is 4.98 Å². The summed E-state index contributed by atoms with van der Waals surface area (Å²) in [7, 11) is 3.17. The molecule has 0 atom stereocenters. The molecule has 1 aromatic heterocycles. The molecule has 0 saturated heterocycles. The van der Waals surface area contributed by atoms with Crippen LogP contribution < -0.4 is 19.5 Å². The highest BCUT2D eigenvalue weighted by atomic mass is 16.5. The first-order valence-electron chi connectivity index (χ1n) is 8.91. The zero-order valence-electron chi connectivity index (χ0n) is 15.9. The molecular weight excluding hydrogens is 370 g/mol. The fourth-order valence-corrected chi connectivity index (χ4v) is 2.89. The Kier molecular flexibility index (Phi) is 5.03. The summed E-state index contributed by atoms with van der Waals surface area (Å²) in [5.74, 6) is 2.16. The number of aromatic nitrogens is 2. The van der Waals surface area contributed by atoms with Crippen molar-refractivity contribution in [1.82, 2.24) is 9.97 Å². The van der Waals surface area contributed by atoms with E-state index in [1.54, 1.807) is 81.2 Å². The summed E-state index contributed by atoms with van der Waals surface area (Å²) in [5, 5.41) is 2.88. The summed E-state index contributed by atoms with van der Waals surface area (Å²) in [4.78, 5) is 19.8. The molecule has 0 aliphatic carbocycles. The van der Waals surface area contributed by atoms with E-state index in [0.29, 0.717) is 28.5 Å². The molecule has 1 amide bonds. The number of hydrogen-bond donors (Lipinski definition) is 2. The van der Waals surface area contributed by atoms with E-state index in [4.69, 9.17) is 14.2 Å². The summed E-state index contributed by atoms with van der Waals surface area (Å²) < 4.78 is 16.5. The van der Waals surface area contributed by atoms with Gasteiger partial charge in [0.25, 0.3) is 5.91 Å². The Morgan fingerprint density at radius 1 is 0.897 bits per heavy atom. The highest BCUT2D eigenvalue weighted by Gasteiger charge is 2.12. The molecule has 0 spiro atoms. The number of nitrogens with one attached hydrogen (secondary N) is 2. The molecule has 7 nitrogen and oxygen atoms in total. The zero-order valence-corrected chi connectivity index (χ0v) is 15.9. The molecule has 1 heterocycles. The lowest BCUT2D eigenvalue weighted by atomic mass is 10.2. The second kappa shape index (κ2) is 7.93. The predicted molar refractivity (Wildman–Crippen MR) is 110 cm³/mol. The minimum Gasteiger partial charge on any atom is -0.497 e. The van der Waals surface area contributed by atoms with Crippen molar-refractivity contribution >= 4 is 22.6 Å². The molecule has 0 fully saturated rings. The second-order valence-corrected chi connectivity index (χ2v) is 6.23. The fraction of sp³-hybridized carbons (Fsp3) is 0.0909. The van der Waals surface area contributed by atoms with Crippen LogP contribution in [-0.4, -0.2) is 30.1 Å². The molecule has 0 radical (unpaired) electrons. The van der Waals surface area contributed by atoms with Gasteiger partial charge in [0.15, 0.2) is 11.5 Å². The van der Waals surface area contributed by atoms with Crippen molar-refractivity contribution < 1.29 is 19.0 Å². The standard InChI is InChI=1S/C22H19N3O4/c1-27-16-5-7-17(8-6-16)29-21-12-15(4-10-20(21)28-2)25-22(26)14-3-9-18-19(11-14)24-13-23-18/h3-13H,1-2H3,(H,23,24)(H,25,26). The number of nitrogens with zero attached hydrogens (tertiary/aromatic N) is 1. The molecule has 4 rings (SSSR count). The van der Waals surface area contributed by atoms with Crippen LogP contribution in [0.3, 0.4) is 0 Å². The van der Waals surface area contributed by atoms with Crippen LogP contribution in [0.15, 0.2) is 67.0 Å². The van der Waals surface area contributed by atoms with E-state index in [2.05, 4.69) is 15.3 Å². The van der Waals surface area contributed by atoms with E-state index in [1.807, 2.05) is 0 Å². The fourth-order valence-electron chi connectivity index (χ4n) is 2.89. The number of methoxy groups -OCH3 is 2. The molecule has 2 N–H and O–H groups in total. The number of ether oxygens (including phenoxy) is 3. The Morgan fingerprint density at radius 2 is 1.69 bits per heavy atom. The molecule has 146 valence electrons. The van der Waals surface area contributed by atoms with Gasteiger partial charge in [0.2, 0.25) is 0 Å². The maximum Gasteiger partial charge on any atom is 0.255 e. The molecule has 29 heavy (non-hydrogen) atoms. The van der Waals surface area contributed by atoms with E-state index >= 15 is 0 Å². The number of fused-ring (bicyclic) bond motifs is 1. The lowest BCUT2D eigenvalue weighted by Crippen LogP contribution is -2.11. The highest BCUT2D eigenvalue weighted by molar-refractivity contribution is 6.06. The lowest BCUT2D eigenvalue weighted by molar-refractivity contribution is 0.102.